The van der Waals surface area contributed by atoms with Crippen LogP contribution in [-0.4, -0.2) is 38.2 Å². The number of aromatic nitrogens is 1. The summed E-state index contributed by atoms with van der Waals surface area (Å²) in [6.45, 7) is 2.07. The maximum absolute atomic E-state index is 11.7. The molecule has 1 heterocycles. The monoisotopic (exact) mass is 335 g/mol. The van der Waals surface area contributed by atoms with Crippen LogP contribution in [-0.2, 0) is 10.0 Å². The highest BCUT2D eigenvalue weighted by molar-refractivity contribution is 9.10. The lowest BCUT2D eigenvalue weighted by Gasteiger charge is -2.07. The summed E-state index contributed by atoms with van der Waals surface area (Å²) in [6, 6.07) is 3.38. The maximum atomic E-state index is 11.7. The summed E-state index contributed by atoms with van der Waals surface area (Å²) in [7, 11) is -3.32. The fraction of sp³-hybridized carbons (Fsp3) is 0.400. The molecule has 0 fully saturated rings. The van der Waals surface area contributed by atoms with E-state index in [0.29, 0.717) is 11.0 Å². The van der Waals surface area contributed by atoms with Crippen LogP contribution in [0.25, 0.3) is 0 Å². The van der Waals surface area contributed by atoms with E-state index in [0.717, 1.165) is 0 Å². The van der Waals surface area contributed by atoms with E-state index in [9.17, 15) is 13.2 Å². The molecule has 0 aliphatic carbocycles. The minimum Gasteiger partial charge on any atom is -0.350 e. The second kappa shape index (κ2) is 6.81. The van der Waals surface area contributed by atoms with Crippen molar-refractivity contribution in [3.8, 4) is 0 Å². The molecule has 0 radical (unpaired) electrons. The van der Waals surface area contributed by atoms with Gasteiger partial charge in [0.25, 0.3) is 5.91 Å². The van der Waals surface area contributed by atoms with E-state index in [-0.39, 0.29) is 18.0 Å². The van der Waals surface area contributed by atoms with Crippen LogP contribution in [0.15, 0.2) is 22.8 Å². The van der Waals surface area contributed by atoms with Gasteiger partial charge in [-0.25, -0.2) is 18.1 Å². The molecule has 0 bridgehead atoms. The second-order valence-corrected chi connectivity index (χ2v) is 6.19. The Morgan fingerprint density at radius 2 is 2.22 bits per heavy atom. The summed E-state index contributed by atoms with van der Waals surface area (Å²) in [6.07, 6.45) is 1.50. The van der Waals surface area contributed by atoms with Crippen LogP contribution in [0, 0.1) is 0 Å². The average Bonchev–Trinajstić information content (AvgIpc) is 2.29. The molecule has 0 saturated heterocycles. The van der Waals surface area contributed by atoms with Gasteiger partial charge in [-0.3, -0.25) is 4.79 Å². The zero-order valence-corrected chi connectivity index (χ0v) is 12.2. The Balaban J connectivity index is 2.51. The van der Waals surface area contributed by atoms with Crippen molar-refractivity contribution in [1.82, 2.24) is 15.0 Å². The van der Waals surface area contributed by atoms with Gasteiger partial charge in [-0.05, 0) is 28.1 Å². The van der Waals surface area contributed by atoms with Crippen molar-refractivity contribution in [3.05, 3.63) is 28.5 Å². The number of pyridine rings is 1. The van der Waals surface area contributed by atoms with Crippen molar-refractivity contribution in [2.24, 2.45) is 0 Å². The summed E-state index contributed by atoms with van der Waals surface area (Å²) >= 11 is 3.20. The molecule has 18 heavy (non-hydrogen) atoms. The first-order valence-electron chi connectivity index (χ1n) is 5.32. The van der Waals surface area contributed by atoms with Gasteiger partial charge >= 0.3 is 0 Å². The highest BCUT2D eigenvalue weighted by atomic mass is 79.9. The Hall–Kier alpha value is -0.990. The molecule has 0 aliphatic rings. The Morgan fingerprint density at radius 1 is 1.50 bits per heavy atom. The number of nitrogens with zero attached hydrogens (tertiary/aromatic N) is 1. The number of carbonyl (C=O) groups excluding carboxylic acids is 1. The molecule has 0 spiro atoms. The van der Waals surface area contributed by atoms with E-state index in [4.69, 9.17) is 0 Å². The lowest BCUT2D eigenvalue weighted by atomic mass is 10.3. The zero-order valence-electron chi connectivity index (χ0n) is 9.81. The van der Waals surface area contributed by atoms with Gasteiger partial charge in [-0.2, -0.15) is 0 Å². The van der Waals surface area contributed by atoms with Crippen molar-refractivity contribution < 1.29 is 13.2 Å². The third-order valence-corrected chi connectivity index (χ3v) is 4.10. The number of carbonyl (C=O) groups is 1. The van der Waals surface area contributed by atoms with Crippen molar-refractivity contribution in [1.29, 1.82) is 0 Å². The highest BCUT2D eigenvalue weighted by Crippen LogP contribution is 2.12. The molecule has 6 nitrogen and oxygen atoms in total. The van der Waals surface area contributed by atoms with E-state index in [2.05, 4.69) is 31.0 Å². The minimum absolute atomic E-state index is 0.0389. The third-order valence-electron chi connectivity index (χ3n) is 1.99. The highest BCUT2D eigenvalue weighted by Gasteiger charge is 2.13. The number of sulfonamides is 1. The number of hydrogen-bond acceptors (Lipinski definition) is 4. The molecule has 1 rings (SSSR count). The molecule has 1 amide bonds. The fourth-order valence-electron chi connectivity index (χ4n) is 1.23. The second-order valence-electron chi connectivity index (χ2n) is 3.41. The van der Waals surface area contributed by atoms with Gasteiger partial charge in [0.1, 0.15) is 5.69 Å². The number of rotatable bonds is 6. The van der Waals surface area contributed by atoms with Gasteiger partial charge < -0.3 is 5.32 Å². The Morgan fingerprint density at radius 3 is 2.83 bits per heavy atom. The summed E-state index contributed by atoms with van der Waals surface area (Å²) < 4.78 is 25.6. The average molecular weight is 336 g/mol. The molecule has 1 aromatic rings. The first kappa shape index (κ1) is 15.1. The number of amides is 1. The Bertz CT molecular complexity index is 519. The molecular formula is C10H14BrN3O3S. The summed E-state index contributed by atoms with van der Waals surface area (Å²) in [5.41, 5.74) is 0.235. The predicted molar refractivity (Wildman–Crippen MR) is 71.7 cm³/mol. The summed E-state index contributed by atoms with van der Waals surface area (Å²) in [5.74, 6) is -0.564. The van der Waals surface area contributed by atoms with Gasteiger partial charge in [0.15, 0.2) is 0 Å². The van der Waals surface area contributed by atoms with Crippen LogP contribution in [0.2, 0.25) is 0 Å². The predicted octanol–water partition coefficient (Wildman–Crippen LogP) is 0.513. The molecule has 0 saturated carbocycles. The molecule has 100 valence electrons. The lowest BCUT2D eigenvalue weighted by molar-refractivity contribution is 0.0950. The SMILES string of the molecule is CCNS(=O)(=O)CCNC(=O)c1ncccc1Br. The Labute approximate surface area is 114 Å². The quantitative estimate of drug-likeness (QED) is 0.792. The van der Waals surface area contributed by atoms with Crippen molar-refractivity contribution >= 4 is 31.9 Å². The van der Waals surface area contributed by atoms with E-state index in [1.807, 2.05) is 0 Å². The standard InChI is InChI=1S/C10H14BrN3O3S/c1-2-14-18(16,17)7-6-13-10(15)9-8(11)4-3-5-12-9/h3-5,14H,2,6-7H2,1H3,(H,13,15). The van der Waals surface area contributed by atoms with Crippen LogP contribution < -0.4 is 10.0 Å². The molecule has 0 unspecified atom stereocenters. The van der Waals surface area contributed by atoms with E-state index >= 15 is 0 Å². The van der Waals surface area contributed by atoms with E-state index in [1.54, 1.807) is 19.1 Å². The molecule has 0 aromatic carbocycles. The van der Waals surface area contributed by atoms with Crippen molar-refractivity contribution in [2.45, 2.75) is 6.92 Å². The van der Waals surface area contributed by atoms with Crippen molar-refractivity contribution in [3.63, 3.8) is 0 Å². The molecule has 0 aliphatic heterocycles. The summed E-state index contributed by atoms with van der Waals surface area (Å²) in [5, 5.41) is 2.50. The van der Waals surface area contributed by atoms with Crippen LogP contribution >= 0.6 is 15.9 Å². The minimum atomic E-state index is -3.32. The number of halogens is 1. The zero-order chi connectivity index (χ0) is 13.6. The van der Waals surface area contributed by atoms with Crippen LogP contribution in [0.5, 0.6) is 0 Å². The molecular weight excluding hydrogens is 322 g/mol. The van der Waals surface area contributed by atoms with Crippen LogP contribution in [0.4, 0.5) is 0 Å². The fourth-order valence-corrected chi connectivity index (χ4v) is 2.62. The normalized spacial score (nSPS) is 11.2. The maximum Gasteiger partial charge on any atom is 0.271 e. The van der Waals surface area contributed by atoms with Crippen LogP contribution in [0.3, 0.4) is 0 Å². The van der Waals surface area contributed by atoms with Gasteiger partial charge in [0.2, 0.25) is 10.0 Å². The third kappa shape index (κ3) is 4.71. The molecule has 0 atom stereocenters. The molecule has 1 aromatic heterocycles. The first-order chi connectivity index (χ1) is 8.46. The van der Waals surface area contributed by atoms with Gasteiger partial charge in [-0.15, -0.1) is 0 Å². The molecule has 8 heteroatoms. The summed E-state index contributed by atoms with van der Waals surface area (Å²) in [4.78, 5) is 15.6. The Kier molecular flexibility index (Phi) is 5.70. The van der Waals surface area contributed by atoms with E-state index < -0.39 is 15.9 Å². The van der Waals surface area contributed by atoms with Gasteiger partial charge in [0, 0.05) is 23.8 Å². The smallest absolute Gasteiger partial charge is 0.271 e. The van der Waals surface area contributed by atoms with Crippen molar-refractivity contribution in [2.75, 3.05) is 18.8 Å². The van der Waals surface area contributed by atoms with Gasteiger partial charge in [-0.1, -0.05) is 6.92 Å². The largest absolute Gasteiger partial charge is 0.350 e. The first-order valence-corrected chi connectivity index (χ1v) is 7.77. The molecule has 2 N–H and O–H groups in total. The number of nitrogens with one attached hydrogen (secondary N) is 2. The van der Waals surface area contributed by atoms with Crippen LogP contribution in [0.1, 0.15) is 17.4 Å². The topological polar surface area (TPSA) is 88.2 Å². The van der Waals surface area contributed by atoms with Gasteiger partial charge in [0.05, 0.1) is 5.75 Å². The number of hydrogen-bond donors (Lipinski definition) is 2. The lowest BCUT2D eigenvalue weighted by Crippen LogP contribution is -2.34. The van der Waals surface area contributed by atoms with E-state index in [1.165, 1.54) is 6.20 Å².